The van der Waals surface area contributed by atoms with E-state index in [2.05, 4.69) is 20.3 Å². The molecule has 27 heavy (non-hydrogen) atoms. The minimum atomic E-state index is -1.60. The number of fused-ring (bicyclic) bond motifs is 1. The van der Waals surface area contributed by atoms with Crippen LogP contribution in [0, 0.1) is 17.5 Å². The highest BCUT2D eigenvalue weighted by Gasteiger charge is 2.23. The van der Waals surface area contributed by atoms with Gasteiger partial charge in [-0.05, 0) is 30.3 Å². The van der Waals surface area contributed by atoms with E-state index in [1.807, 2.05) is 0 Å². The van der Waals surface area contributed by atoms with Gasteiger partial charge in [0.05, 0.1) is 11.1 Å². The predicted octanol–water partition coefficient (Wildman–Crippen LogP) is 3.46. The second kappa shape index (κ2) is 6.52. The standard InChI is InChI=1S/C18H10F3N5O/c19-11-5-4-10(14(20)15(11)21)17-25-16(12-3-1-2-8-26(12)17)18(27)24-13-6-7-22-9-23-13/h1-9H,(H,22,23,24,27). The van der Waals surface area contributed by atoms with Gasteiger partial charge in [0, 0.05) is 12.4 Å². The summed E-state index contributed by atoms with van der Waals surface area (Å²) in [4.78, 5) is 24.4. The largest absolute Gasteiger partial charge is 0.305 e. The van der Waals surface area contributed by atoms with Gasteiger partial charge in [0.25, 0.3) is 5.91 Å². The fraction of sp³-hybridized carbons (Fsp3) is 0. The van der Waals surface area contributed by atoms with E-state index in [4.69, 9.17) is 0 Å². The Balaban J connectivity index is 1.85. The summed E-state index contributed by atoms with van der Waals surface area (Å²) in [6.45, 7) is 0. The number of anilines is 1. The SMILES string of the molecule is O=C(Nc1ccncn1)c1nc(-c2ccc(F)c(F)c2F)n2ccccc12. The summed E-state index contributed by atoms with van der Waals surface area (Å²) in [5, 5.41) is 2.56. The van der Waals surface area contributed by atoms with Crippen molar-refractivity contribution in [1.82, 2.24) is 19.4 Å². The molecule has 0 saturated heterocycles. The molecule has 0 aliphatic carbocycles. The lowest BCUT2D eigenvalue weighted by Gasteiger charge is -2.04. The van der Waals surface area contributed by atoms with E-state index in [-0.39, 0.29) is 22.9 Å². The predicted molar refractivity (Wildman–Crippen MR) is 90.5 cm³/mol. The van der Waals surface area contributed by atoms with Gasteiger partial charge in [-0.2, -0.15) is 0 Å². The first-order valence-corrected chi connectivity index (χ1v) is 7.74. The van der Waals surface area contributed by atoms with Gasteiger partial charge in [0.2, 0.25) is 0 Å². The van der Waals surface area contributed by atoms with E-state index in [1.165, 1.54) is 23.0 Å². The van der Waals surface area contributed by atoms with Gasteiger partial charge >= 0.3 is 0 Å². The molecule has 0 unspecified atom stereocenters. The quantitative estimate of drug-likeness (QED) is 0.562. The fourth-order valence-corrected chi connectivity index (χ4v) is 2.63. The molecule has 0 fully saturated rings. The molecule has 1 amide bonds. The molecule has 9 heteroatoms. The average Bonchev–Trinajstić information content (AvgIpc) is 3.07. The van der Waals surface area contributed by atoms with Gasteiger partial charge < -0.3 is 5.32 Å². The van der Waals surface area contributed by atoms with Crippen molar-refractivity contribution in [3.05, 3.63) is 78.3 Å². The van der Waals surface area contributed by atoms with E-state index < -0.39 is 23.4 Å². The number of pyridine rings is 1. The van der Waals surface area contributed by atoms with E-state index in [9.17, 15) is 18.0 Å². The fourth-order valence-electron chi connectivity index (χ4n) is 2.63. The normalized spacial score (nSPS) is 10.9. The summed E-state index contributed by atoms with van der Waals surface area (Å²) < 4.78 is 42.6. The third kappa shape index (κ3) is 2.88. The van der Waals surface area contributed by atoms with Crippen LogP contribution in [-0.4, -0.2) is 25.3 Å². The highest BCUT2D eigenvalue weighted by atomic mass is 19.2. The maximum atomic E-state index is 14.2. The number of carbonyl (C=O) groups is 1. The smallest absolute Gasteiger partial charge is 0.277 e. The Labute approximate surface area is 150 Å². The lowest BCUT2D eigenvalue weighted by Crippen LogP contribution is -2.13. The van der Waals surface area contributed by atoms with Crippen LogP contribution in [0.15, 0.2) is 55.1 Å². The van der Waals surface area contributed by atoms with Gasteiger partial charge in [-0.1, -0.05) is 6.07 Å². The van der Waals surface area contributed by atoms with E-state index >= 15 is 0 Å². The number of imidazole rings is 1. The number of carbonyl (C=O) groups excluding carboxylic acids is 1. The maximum absolute atomic E-state index is 14.2. The molecule has 3 aromatic heterocycles. The molecule has 0 spiro atoms. The summed E-state index contributed by atoms with van der Waals surface area (Å²) in [5.74, 6) is -4.66. The summed E-state index contributed by atoms with van der Waals surface area (Å²) >= 11 is 0. The number of aromatic nitrogens is 4. The summed E-state index contributed by atoms with van der Waals surface area (Å²) in [7, 11) is 0. The Morgan fingerprint density at radius 3 is 2.67 bits per heavy atom. The number of nitrogens with zero attached hydrogens (tertiary/aromatic N) is 4. The van der Waals surface area contributed by atoms with Crippen molar-refractivity contribution in [3.63, 3.8) is 0 Å². The number of hydrogen-bond donors (Lipinski definition) is 1. The molecule has 4 aromatic rings. The lowest BCUT2D eigenvalue weighted by molar-refractivity contribution is 0.102. The van der Waals surface area contributed by atoms with E-state index in [0.717, 1.165) is 12.1 Å². The maximum Gasteiger partial charge on any atom is 0.277 e. The van der Waals surface area contributed by atoms with E-state index in [0.29, 0.717) is 5.52 Å². The minimum absolute atomic E-state index is 0.0201. The van der Waals surface area contributed by atoms with Crippen molar-refractivity contribution in [2.75, 3.05) is 5.32 Å². The molecular formula is C18H10F3N5O. The molecule has 0 bridgehead atoms. The zero-order valence-electron chi connectivity index (χ0n) is 13.5. The molecule has 3 heterocycles. The molecule has 0 aliphatic rings. The number of hydrogen-bond acceptors (Lipinski definition) is 4. The van der Waals surface area contributed by atoms with Crippen LogP contribution in [-0.2, 0) is 0 Å². The van der Waals surface area contributed by atoms with Crippen LogP contribution < -0.4 is 5.32 Å². The Kier molecular flexibility index (Phi) is 4.03. The second-order valence-corrected chi connectivity index (χ2v) is 5.51. The Bertz CT molecular complexity index is 1160. The number of amides is 1. The van der Waals surface area contributed by atoms with Crippen molar-refractivity contribution < 1.29 is 18.0 Å². The highest BCUT2D eigenvalue weighted by molar-refractivity contribution is 6.07. The lowest BCUT2D eigenvalue weighted by atomic mass is 10.2. The van der Waals surface area contributed by atoms with Crippen molar-refractivity contribution in [2.24, 2.45) is 0 Å². The molecule has 1 aromatic carbocycles. The molecule has 0 aliphatic heterocycles. The zero-order valence-corrected chi connectivity index (χ0v) is 13.5. The Hall–Kier alpha value is -3.75. The van der Waals surface area contributed by atoms with Crippen LogP contribution in [0.3, 0.4) is 0 Å². The number of nitrogens with one attached hydrogen (secondary N) is 1. The molecule has 0 atom stereocenters. The zero-order chi connectivity index (χ0) is 19.0. The van der Waals surface area contributed by atoms with E-state index in [1.54, 1.807) is 24.4 Å². The van der Waals surface area contributed by atoms with Crippen molar-refractivity contribution in [2.45, 2.75) is 0 Å². The van der Waals surface area contributed by atoms with Crippen LogP contribution in [0.2, 0.25) is 0 Å². The highest BCUT2D eigenvalue weighted by Crippen LogP contribution is 2.27. The van der Waals surface area contributed by atoms with Crippen molar-refractivity contribution >= 4 is 17.2 Å². The number of halogens is 3. The van der Waals surface area contributed by atoms with Crippen LogP contribution in [0.4, 0.5) is 19.0 Å². The monoisotopic (exact) mass is 369 g/mol. The molecule has 4 rings (SSSR count). The minimum Gasteiger partial charge on any atom is -0.305 e. The number of benzene rings is 1. The van der Waals surface area contributed by atoms with Gasteiger partial charge in [-0.3, -0.25) is 9.20 Å². The molecular weight excluding hydrogens is 359 g/mol. The van der Waals surface area contributed by atoms with Crippen LogP contribution >= 0.6 is 0 Å². The van der Waals surface area contributed by atoms with Crippen molar-refractivity contribution in [3.8, 4) is 11.4 Å². The third-order valence-corrected chi connectivity index (χ3v) is 3.86. The topological polar surface area (TPSA) is 72.2 Å². The van der Waals surface area contributed by atoms with Crippen molar-refractivity contribution in [1.29, 1.82) is 0 Å². The Morgan fingerprint density at radius 2 is 1.89 bits per heavy atom. The van der Waals surface area contributed by atoms with Crippen LogP contribution in [0.1, 0.15) is 10.5 Å². The second-order valence-electron chi connectivity index (χ2n) is 5.51. The summed E-state index contributed by atoms with van der Waals surface area (Å²) in [5.41, 5.74) is 0.0766. The average molecular weight is 369 g/mol. The molecule has 1 N–H and O–H groups in total. The first-order valence-electron chi connectivity index (χ1n) is 7.74. The van der Waals surface area contributed by atoms with Gasteiger partial charge in [-0.25, -0.2) is 28.1 Å². The summed E-state index contributed by atoms with van der Waals surface area (Å²) in [6, 6.07) is 8.28. The van der Waals surface area contributed by atoms with Gasteiger partial charge in [0.15, 0.2) is 23.1 Å². The van der Waals surface area contributed by atoms with Crippen LogP contribution in [0.5, 0.6) is 0 Å². The third-order valence-electron chi connectivity index (χ3n) is 3.86. The molecule has 0 saturated carbocycles. The van der Waals surface area contributed by atoms with Gasteiger partial charge in [-0.15, -0.1) is 0 Å². The first kappa shape index (κ1) is 16.7. The van der Waals surface area contributed by atoms with Crippen LogP contribution in [0.25, 0.3) is 16.9 Å². The Morgan fingerprint density at radius 1 is 1.04 bits per heavy atom. The first-order chi connectivity index (χ1) is 13.1. The molecule has 6 nitrogen and oxygen atoms in total. The molecule has 134 valence electrons. The summed E-state index contributed by atoms with van der Waals surface area (Å²) in [6.07, 6.45) is 4.26. The molecule has 0 radical (unpaired) electrons. The number of rotatable bonds is 3. The van der Waals surface area contributed by atoms with Gasteiger partial charge in [0.1, 0.15) is 18.0 Å².